The smallest absolute Gasteiger partial charge is 0.0590 e. The second kappa shape index (κ2) is 5.89. The zero-order valence-corrected chi connectivity index (χ0v) is 11.3. The van der Waals surface area contributed by atoms with E-state index in [2.05, 4.69) is 10.5 Å². The van der Waals surface area contributed by atoms with Gasteiger partial charge in [-0.05, 0) is 30.7 Å². The highest BCUT2D eigenvalue weighted by molar-refractivity contribution is 6.38. The number of aryl methyl sites for hydroxylation is 1. The molecule has 0 aliphatic rings. The number of nitrogens with zero attached hydrogens (tertiary/aromatic N) is 1. The van der Waals surface area contributed by atoms with E-state index in [4.69, 9.17) is 23.2 Å². The van der Waals surface area contributed by atoms with Gasteiger partial charge in [0.25, 0.3) is 0 Å². The molecule has 0 amide bonds. The van der Waals surface area contributed by atoms with E-state index >= 15 is 0 Å². The van der Waals surface area contributed by atoms with Crippen molar-refractivity contribution in [1.29, 1.82) is 0 Å². The quantitative estimate of drug-likeness (QED) is 0.636. The van der Waals surface area contributed by atoms with Crippen LogP contribution >= 0.6 is 23.2 Å². The van der Waals surface area contributed by atoms with Crippen molar-refractivity contribution in [1.82, 2.24) is 0 Å². The molecule has 0 aromatic heterocycles. The van der Waals surface area contributed by atoms with Gasteiger partial charge in [0.2, 0.25) is 0 Å². The van der Waals surface area contributed by atoms with Crippen molar-refractivity contribution in [3.05, 3.63) is 63.6 Å². The standard InChI is InChI=1S/C14H12Cl2N2/c1-10-5-2-3-8-14(10)18-17-9-11-12(15)6-4-7-13(11)16/h2-9,18H,1H3/b17-9-. The summed E-state index contributed by atoms with van der Waals surface area (Å²) < 4.78 is 0. The number of hydrogen-bond donors (Lipinski definition) is 1. The van der Waals surface area contributed by atoms with E-state index in [1.165, 1.54) is 0 Å². The maximum Gasteiger partial charge on any atom is 0.0590 e. The fraction of sp³-hybridized carbons (Fsp3) is 0.0714. The van der Waals surface area contributed by atoms with E-state index in [1.54, 1.807) is 24.4 Å². The summed E-state index contributed by atoms with van der Waals surface area (Å²) in [7, 11) is 0. The van der Waals surface area contributed by atoms with Gasteiger partial charge in [0.1, 0.15) is 0 Å². The summed E-state index contributed by atoms with van der Waals surface area (Å²) in [6.45, 7) is 2.01. The number of para-hydroxylation sites is 1. The largest absolute Gasteiger partial charge is 0.278 e. The molecule has 0 saturated carbocycles. The van der Waals surface area contributed by atoms with Gasteiger partial charge in [-0.15, -0.1) is 0 Å². The molecule has 0 atom stereocenters. The third-order valence-corrected chi connectivity index (χ3v) is 3.18. The van der Waals surface area contributed by atoms with Crippen LogP contribution in [0.2, 0.25) is 10.0 Å². The van der Waals surface area contributed by atoms with Crippen LogP contribution in [0.15, 0.2) is 47.6 Å². The van der Waals surface area contributed by atoms with Gasteiger partial charge in [-0.2, -0.15) is 5.10 Å². The fourth-order valence-corrected chi connectivity index (χ4v) is 1.99. The molecule has 0 unspecified atom stereocenters. The van der Waals surface area contributed by atoms with Crippen LogP contribution in [0, 0.1) is 6.92 Å². The lowest BCUT2D eigenvalue weighted by atomic mass is 10.2. The van der Waals surface area contributed by atoms with Crippen molar-refractivity contribution in [2.45, 2.75) is 6.92 Å². The van der Waals surface area contributed by atoms with Crippen molar-refractivity contribution >= 4 is 35.1 Å². The van der Waals surface area contributed by atoms with Gasteiger partial charge in [-0.1, -0.05) is 47.5 Å². The number of hydrogen-bond acceptors (Lipinski definition) is 2. The average Bonchev–Trinajstić information content (AvgIpc) is 2.35. The Morgan fingerprint density at radius 1 is 1.00 bits per heavy atom. The zero-order valence-electron chi connectivity index (χ0n) is 9.82. The molecule has 2 aromatic rings. The molecule has 0 spiro atoms. The number of hydrazone groups is 1. The molecule has 1 N–H and O–H groups in total. The highest BCUT2D eigenvalue weighted by Gasteiger charge is 2.01. The van der Waals surface area contributed by atoms with Gasteiger partial charge in [0.15, 0.2) is 0 Å². The van der Waals surface area contributed by atoms with Crippen molar-refractivity contribution in [3.8, 4) is 0 Å². The molecule has 0 aliphatic carbocycles. The Bertz CT molecular complexity index is 560. The van der Waals surface area contributed by atoms with E-state index in [9.17, 15) is 0 Å². The van der Waals surface area contributed by atoms with Gasteiger partial charge in [0.05, 0.1) is 21.9 Å². The lowest BCUT2D eigenvalue weighted by Crippen LogP contribution is -1.93. The van der Waals surface area contributed by atoms with Gasteiger partial charge >= 0.3 is 0 Å². The first kappa shape index (κ1) is 12.9. The van der Waals surface area contributed by atoms with Crippen molar-refractivity contribution in [3.63, 3.8) is 0 Å². The van der Waals surface area contributed by atoms with Crippen LogP contribution in [0.4, 0.5) is 5.69 Å². The Hall–Kier alpha value is -1.51. The number of anilines is 1. The van der Waals surface area contributed by atoms with Crippen molar-refractivity contribution < 1.29 is 0 Å². The minimum atomic E-state index is 0.581. The summed E-state index contributed by atoms with van der Waals surface area (Å²) in [5, 5.41) is 5.31. The second-order valence-corrected chi connectivity index (χ2v) is 4.63. The maximum atomic E-state index is 6.04. The molecule has 0 radical (unpaired) electrons. The summed E-state index contributed by atoms with van der Waals surface area (Å²) in [5.74, 6) is 0. The molecule has 92 valence electrons. The number of rotatable bonds is 3. The third kappa shape index (κ3) is 3.03. The van der Waals surface area contributed by atoms with E-state index in [1.807, 2.05) is 31.2 Å². The lowest BCUT2D eigenvalue weighted by molar-refractivity contribution is 1.31. The van der Waals surface area contributed by atoms with E-state index in [-0.39, 0.29) is 0 Å². The van der Waals surface area contributed by atoms with E-state index < -0.39 is 0 Å². The number of halogens is 2. The van der Waals surface area contributed by atoms with Gasteiger partial charge in [-0.3, -0.25) is 5.43 Å². The molecule has 0 saturated heterocycles. The third-order valence-electron chi connectivity index (χ3n) is 2.52. The van der Waals surface area contributed by atoms with Gasteiger partial charge in [0, 0.05) is 5.56 Å². The van der Waals surface area contributed by atoms with Crippen LogP contribution in [0.3, 0.4) is 0 Å². The maximum absolute atomic E-state index is 6.04. The minimum Gasteiger partial charge on any atom is -0.278 e. The molecular weight excluding hydrogens is 267 g/mol. The second-order valence-electron chi connectivity index (χ2n) is 3.82. The molecule has 0 aliphatic heterocycles. The monoisotopic (exact) mass is 278 g/mol. The average molecular weight is 279 g/mol. The summed E-state index contributed by atoms with van der Waals surface area (Å²) in [5.41, 5.74) is 5.76. The molecular formula is C14H12Cl2N2. The summed E-state index contributed by atoms with van der Waals surface area (Å²) in [6.07, 6.45) is 1.62. The first-order valence-corrected chi connectivity index (χ1v) is 6.23. The van der Waals surface area contributed by atoms with Crippen molar-refractivity contribution in [2.75, 3.05) is 5.43 Å². The Kier molecular flexibility index (Phi) is 4.24. The fourth-order valence-electron chi connectivity index (χ4n) is 1.50. The Labute approximate surface area is 116 Å². The number of nitrogens with one attached hydrogen (secondary N) is 1. The normalized spacial score (nSPS) is 10.8. The minimum absolute atomic E-state index is 0.581. The molecule has 2 rings (SSSR count). The predicted molar refractivity (Wildman–Crippen MR) is 78.9 cm³/mol. The van der Waals surface area contributed by atoms with Gasteiger partial charge < -0.3 is 0 Å². The molecule has 0 fully saturated rings. The summed E-state index contributed by atoms with van der Waals surface area (Å²) >= 11 is 12.1. The first-order valence-electron chi connectivity index (χ1n) is 5.47. The SMILES string of the molecule is Cc1ccccc1N/N=C\c1c(Cl)cccc1Cl. The van der Waals surface area contributed by atoms with Crippen LogP contribution in [-0.4, -0.2) is 6.21 Å². The zero-order chi connectivity index (χ0) is 13.0. The molecule has 0 bridgehead atoms. The Balaban J connectivity index is 2.15. The number of benzene rings is 2. The van der Waals surface area contributed by atoms with Gasteiger partial charge in [-0.25, -0.2) is 0 Å². The first-order chi connectivity index (χ1) is 8.68. The van der Waals surface area contributed by atoms with Crippen LogP contribution in [0.25, 0.3) is 0 Å². The Morgan fingerprint density at radius 2 is 1.67 bits per heavy atom. The molecule has 2 aromatic carbocycles. The molecule has 18 heavy (non-hydrogen) atoms. The molecule has 4 heteroatoms. The van der Waals surface area contributed by atoms with Crippen molar-refractivity contribution in [2.24, 2.45) is 5.10 Å². The van der Waals surface area contributed by atoms with E-state index in [0.717, 1.165) is 11.3 Å². The summed E-state index contributed by atoms with van der Waals surface area (Å²) in [4.78, 5) is 0. The predicted octanol–water partition coefficient (Wildman–Crippen LogP) is 4.75. The van der Waals surface area contributed by atoms with Crippen LogP contribution in [0.5, 0.6) is 0 Å². The highest BCUT2D eigenvalue weighted by Crippen LogP contribution is 2.22. The van der Waals surface area contributed by atoms with Crippen LogP contribution in [-0.2, 0) is 0 Å². The Morgan fingerprint density at radius 3 is 2.33 bits per heavy atom. The lowest BCUT2D eigenvalue weighted by Gasteiger charge is -2.04. The van der Waals surface area contributed by atoms with E-state index in [0.29, 0.717) is 15.6 Å². The van der Waals surface area contributed by atoms with Crippen LogP contribution in [0.1, 0.15) is 11.1 Å². The highest BCUT2D eigenvalue weighted by atomic mass is 35.5. The van der Waals surface area contributed by atoms with Crippen LogP contribution < -0.4 is 5.43 Å². The topological polar surface area (TPSA) is 24.4 Å². The molecule has 0 heterocycles. The molecule has 2 nitrogen and oxygen atoms in total. The summed E-state index contributed by atoms with van der Waals surface area (Å²) in [6, 6.07) is 13.3.